The third kappa shape index (κ3) is 3.07. The number of aromatic nitrogens is 5. The van der Waals surface area contributed by atoms with Gasteiger partial charge in [-0.1, -0.05) is 51.5 Å². The quantitative estimate of drug-likeness (QED) is 0.172. The molecule has 7 aromatic rings. The number of nitrogens with zero attached hydrogens (tertiary/aromatic N) is 5. The van der Waals surface area contributed by atoms with Crippen LogP contribution in [0.15, 0.2) is 89.5 Å². The van der Waals surface area contributed by atoms with E-state index in [1.165, 1.54) is 5.56 Å². The second kappa shape index (κ2) is 9.59. The van der Waals surface area contributed by atoms with Gasteiger partial charge in [-0.15, -0.1) is 5.10 Å². The van der Waals surface area contributed by atoms with Crippen LogP contribution in [0.25, 0.3) is 55.6 Å². The van der Waals surface area contributed by atoms with Gasteiger partial charge in [0, 0.05) is 46.8 Å². The fraction of sp³-hybridized carbons (Fsp3) is 0.317. The number of hydrogen-bond acceptors (Lipinski definition) is 3. The SMILES string of the molecule is CCCCc1cccc2oc3c4c(ccc3c12)C1([n+]2c-4cc(C)c3ccccc32)C2(CC)n3nc(C(F)(F)F)nc3-c3cccc[n+]3C21CC. The monoisotopic (exact) mass is 671 g/mol. The summed E-state index contributed by atoms with van der Waals surface area (Å²) in [5.74, 6) is -0.882. The van der Waals surface area contributed by atoms with Gasteiger partial charge in [0.25, 0.3) is 22.6 Å². The molecule has 4 aromatic heterocycles. The average molecular weight is 672 g/mol. The van der Waals surface area contributed by atoms with Crippen molar-refractivity contribution in [1.29, 1.82) is 0 Å². The lowest BCUT2D eigenvalue weighted by molar-refractivity contribution is -0.790. The number of alkyl halides is 3. The Bertz CT molecular complexity index is 2600. The summed E-state index contributed by atoms with van der Waals surface area (Å²) in [5.41, 5.74) is 6.21. The van der Waals surface area contributed by atoms with Crippen LogP contribution in [0.5, 0.6) is 0 Å². The summed E-state index contributed by atoms with van der Waals surface area (Å²) < 4.78 is 56.8. The van der Waals surface area contributed by atoms with E-state index in [0.717, 1.165) is 74.5 Å². The van der Waals surface area contributed by atoms with Crippen molar-refractivity contribution in [3.63, 3.8) is 0 Å². The number of para-hydroxylation sites is 1. The molecule has 0 saturated heterocycles. The second-order valence-corrected chi connectivity index (χ2v) is 14.2. The van der Waals surface area contributed by atoms with Crippen LogP contribution in [-0.4, -0.2) is 14.8 Å². The van der Waals surface area contributed by atoms with E-state index in [9.17, 15) is 13.2 Å². The molecule has 6 heterocycles. The molecular weight excluding hydrogens is 635 g/mol. The Morgan fingerprint density at radius 3 is 2.48 bits per heavy atom. The first-order valence-corrected chi connectivity index (χ1v) is 17.7. The summed E-state index contributed by atoms with van der Waals surface area (Å²) in [6, 6.07) is 27.1. The summed E-state index contributed by atoms with van der Waals surface area (Å²) in [5, 5.41) is 7.71. The number of rotatable bonds is 5. The minimum atomic E-state index is -4.70. The number of pyridine rings is 2. The summed E-state index contributed by atoms with van der Waals surface area (Å²) >= 11 is 0. The second-order valence-electron chi connectivity index (χ2n) is 14.2. The van der Waals surface area contributed by atoms with Crippen LogP contribution in [0.1, 0.15) is 69.0 Å². The predicted molar refractivity (Wildman–Crippen MR) is 184 cm³/mol. The van der Waals surface area contributed by atoms with Crippen molar-refractivity contribution in [2.24, 2.45) is 0 Å². The number of halogens is 3. The highest BCUT2D eigenvalue weighted by Crippen LogP contribution is 2.78. The zero-order valence-corrected chi connectivity index (χ0v) is 28.4. The Balaban J connectivity index is 1.42. The molecule has 250 valence electrons. The van der Waals surface area contributed by atoms with Crippen molar-refractivity contribution < 1.29 is 26.7 Å². The first-order chi connectivity index (χ1) is 24.2. The van der Waals surface area contributed by atoms with Gasteiger partial charge < -0.3 is 4.42 Å². The normalized spacial score (nSPS) is 22.9. The fourth-order valence-electron chi connectivity index (χ4n) is 10.6. The minimum Gasteiger partial charge on any atom is -0.455 e. The first kappa shape index (κ1) is 29.8. The van der Waals surface area contributed by atoms with Crippen molar-refractivity contribution in [3.05, 3.63) is 108 Å². The lowest BCUT2D eigenvalue weighted by Crippen LogP contribution is -2.60. The molecule has 3 unspecified atom stereocenters. The third-order valence-electron chi connectivity index (χ3n) is 12.3. The van der Waals surface area contributed by atoms with Gasteiger partial charge in [-0.2, -0.15) is 27.3 Å². The Kier molecular flexibility index (Phi) is 5.72. The third-order valence-corrected chi connectivity index (χ3v) is 12.3. The molecule has 9 heteroatoms. The number of aryl methyl sites for hydroxylation is 2. The molecule has 3 aromatic carbocycles. The number of hydrogen-bond donors (Lipinski definition) is 0. The molecule has 0 radical (unpaired) electrons. The molecule has 6 nitrogen and oxygen atoms in total. The summed E-state index contributed by atoms with van der Waals surface area (Å²) in [6.45, 7) is 8.58. The maximum Gasteiger partial charge on any atom is 0.453 e. The molecule has 1 aliphatic carbocycles. The fourth-order valence-corrected chi connectivity index (χ4v) is 10.6. The van der Waals surface area contributed by atoms with Crippen molar-refractivity contribution in [1.82, 2.24) is 14.8 Å². The molecule has 2 aliphatic heterocycles. The molecule has 1 spiro atoms. The van der Waals surface area contributed by atoms with Gasteiger partial charge in [-0.3, -0.25) is 0 Å². The number of unbranched alkanes of at least 4 members (excludes halogenated alkanes) is 1. The molecule has 1 saturated carbocycles. The molecule has 0 N–H and O–H groups in total. The van der Waals surface area contributed by atoms with Crippen LogP contribution >= 0.6 is 0 Å². The van der Waals surface area contributed by atoms with Gasteiger partial charge in [0.05, 0.1) is 11.1 Å². The van der Waals surface area contributed by atoms with E-state index in [2.05, 4.69) is 95.4 Å². The Hall–Kier alpha value is -5.05. The van der Waals surface area contributed by atoms with Gasteiger partial charge in [0.2, 0.25) is 22.6 Å². The zero-order valence-electron chi connectivity index (χ0n) is 28.4. The van der Waals surface area contributed by atoms with Gasteiger partial charge in [-0.05, 0) is 67.6 Å². The molecule has 10 rings (SSSR count). The number of benzene rings is 3. The molecular formula is C41H36F3N5O+2. The van der Waals surface area contributed by atoms with Gasteiger partial charge in [0.15, 0.2) is 6.20 Å². The van der Waals surface area contributed by atoms with Crippen LogP contribution < -0.4 is 9.13 Å². The molecule has 0 bridgehead atoms. The highest BCUT2D eigenvalue weighted by atomic mass is 19.4. The van der Waals surface area contributed by atoms with Gasteiger partial charge in [-0.25, -0.2) is 4.68 Å². The zero-order chi connectivity index (χ0) is 34.4. The lowest BCUT2D eigenvalue weighted by Gasteiger charge is -2.23. The minimum absolute atomic E-state index is 0.234. The number of furan rings is 1. The van der Waals surface area contributed by atoms with E-state index in [1.54, 1.807) is 4.68 Å². The van der Waals surface area contributed by atoms with Crippen LogP contribution in [0.4, 0.5) is 13.2 Å². The van der Waals surface area contributed by atoms with Crippen molar-refractivity contribution in [2.45, 2.75) is 82.6 Å². The first-order valence-electron chi connectivity index (χ1n) is 17.7. The Morgan fingerprint density at radius 2 is 1.70 bits per heavy atom. The summed E-state index contributed by atoms with van der Waals surface area (Å²) in [6.07, 6.45) is 1.61. The topological polar surface area (TPSA) is 51.6 Å². The van der Waals surface area contributed by atoms with Crippen molar-refractivity contribution >= 4 is 32.8 Å². The molecule has 3 atom stereocenters. The summed E-state index contributed by atoms with van der Waals surface area (Å²) in [4.78, 5) is 4.23. The van der Waals surface area contributed by atoms with Gasteiger partial charge >= 0.3 is 6.18 Å². The van der Waals surface area contributed by atoms with E-state index >= 15 is 0 Å². The largest absolute Gasteiger partial charge is 0.455 e. The Labute approximate surface area is 286 Å². The average Bonchev–Trinajstić information content (AvgIpc) is 3.54. The molecule has 1 fully saturated rings. The van der Waals surface area contributed by atoms with E-state index < -0.39 is 28.6 Å². The van der Waals surface area contributed by atoms with Crippen molar-refractivity contribution in [2.75, 3.05) is 0 Å². The predicted octanol–water partition coefficient (Wildman–Crippen LogP) is 8.90. The highest BCUT2D eigenvalue weighted by molar-refractivity contribution is 6.12. The highest BCUT2D eigenvalue weighted by Gasteiger charge is 3.05. The lowest BCUT2D eigenvalue weighted by atomic mass is 9.92. The van der Waals surface area contributed by atoms with E-state index in [4.69, 9.17) is 4.42 Å². The standard InChI is InChI=1S/C41H36F3N5O/c1-5-8-14-25-15-13-19-32-33(25)27-20-21-28-34(35(27)50-32)31-23-24(4)26-16-9-10-17-29(26)48(31)40(28)38(6-2)39(40,7-3)49-36(30-18-11-12-22-47(30)38)45-37(46-49)41(42,43)44/h9-13,15-23H,5-8,14H2,1-4H3/q+2. The Morgan fingerprint density at radius 1 is 0.880 bits per heavy atom. The molecule has 3 aliphatic rings. The van der Waals surface area contributed by atoms with Crippen LogP contribution in [-0.2, 0) is 29.2 Å². The molecule has 50 heavy (non-hydrogen) atoms. The van der Waals surface area contributed by atoms with E-state index in [1.807, 2.05) is 36.5 Å². The number of fused-ring (bicyclic) bond motifs is 19. The van der Waals surface area contributed by atoms with E-state index in [0.29, 0.717) is 18.5 Å². The smallest absolute Gasteiger partial charge is 0.453 e. The molecule has 0 amide bonds. The van der Waals surface area contributed by atoms with Gasteiger partial charge in [0.1, 0.15) is 11.2 Å². The van der Waals surface area contributed by atoms with Crippen LogP contribution in [0.2, 0.25) is 0 Å². The van der Waals surface area contributed by atoms with Crippen LogP contribution in [0.3, 0.4) is 0 Å². The van der Waals surface area contributed by atoms with E-state index in [-0.39, 0.29) is 5.82 Å². The summed E-state index contributed by atoms with van der Waals surface area (Å²) in [7, 11) is 0. The van der Waals surface area contributed by atoms with Crippen molar-refractivity contribution in [3.8, 4) is 22.8 Å². The maximum absolute atomic E-state index is 14.5. The maximum atomic E-state index is 14.5. The van der Waals surface area contributed by atoms with Crippen LogP contribution in [0, 0.1) is 6.92 Å².